The third-order valence-corrected chi connectivity index (χ3v) is 1.44. The van der Waals surface area contributed by atoms with E-state index in [0.717, 1.165) is 18.9 Å². The van der Waals surface area contributed by atoms with Crippen molar-refractivity contribution in [1.29, 1.82) is 0 Å². The summed E-state index contributed by atoms with van der Waals surface area (Å²) in [6, 6.07) is 0. The van der Waals surface area contributed by atoms with Crippen LogP contribution in [-0.2, 0) is 9.53 Å². The summed E-state index contributed by atoms with van der Waals surface area (Å²) in [6.07, 6.45) is 3.41. The van der Waals surface area contributed by atoms with Crippen LogP contribution in [0.2, 0.25) is 0 Å². The predicted molar refractivity (Wildman–Crippen MR) is 47.4 cm³/mol. The van der Waals surface area contributed by atoms with Gasteiger partial charge < -0.3 is 16.2 Å². The van der Waals surface area contributed by atoms with Crippen LogP contribution in [0.5, 0.6) is 0 Å². The van der Waals surface area contributed by atoms with Gasteiger partial charge in [0.15, 0.2) is 0 Å². The van der Waals surface area contributed by atoms with Crippen LogP contribution in [-0.4, -0.2) is 12.6 Å². The van der Waals surface area contributed by atoms with Crippen molar-refractivity contribution in [1.82, 2.24) is 0 Å². The number of carbonyl (C=O) groups excluding carboxylic acids is 1. The number of hydrogen-bond acceptors (Lipinski definition) is 4. The summed E-state index contributed by atoms with van der Waals surface area (Å²) in [6.45, 7) is 0.503. The zero-order chi connectivity index (χ0) is 8.27. The normalized spacial score (nSPS) is 14.3. The molecule has 1 saturated carbocycles. The molecule has 0 radical (unpaired) electrons. The van der Waals surface area contributed by atoms with Gasteiger partial charge in [-0.15, -0.1) is 12.4 Å². The molecule has 0 heterocycles. The third-order valence-electron chi connectivity index (χ3n) is 1.44. The molecule has 0 aromatic rings. The number of halogens is 1. The van der Waals surface area contributed by atoms with Crippen molar-refractivity contribution in [3.8, 4) is 0 Å². The van der Waals surface area contributed by atoms with E-state index in [-0.39, 0.29) is 18.2 Å². The Kier molecular flexibility index (Phi) is 4.51. The van der Waals surface area contributed by atoms with Gasteiger partial charge >= 0.3 is 5.97 Å². The minimum absolute atomic E-state index is 0. The van der Waals surface area contributed by atoms with Crippen LogP contribution in [0.1, 0.15) is 12.8 Å². The van der Waals surface area contributed by atoms with Crippen LogP contribution in [0.3, 0.4) is 0 Å². The van der Waals surface area contributed by atoms with E-state index >= 15 is 0 Å². The van der Waals surface area contributed by atoms with Crippen molar-refractivity contribution in [2.75, 3.05) is 6.61 Å². The van der Waals surface area contributed by atoms with Crippen molar-refractivity contribution < 1.29 is 9.53 Å². The highest BCUT2D eigenvalue weighted by Gasteiger charge is 2.22. The van der Waals surface area contributed by atoms with E-state index in [1.54, 1.807) is 0 Å². The summed E-state index contributed by atoms with van der Waals surface area (Å²) >= 11 is 0. The summed E-state index contributed by atoms with van der Waals surface area (Å²) in [5.41, 5.74) is 10.1. The third kappa shape index (κ3) is 4.85. The Labute approximate surface area is 77.3 Å². The van der Waals surface area contributed by atoms with E-state index in [2.05, 4.69) is 0 Å². The highest BCUT2D eigenvalue weighted by molar-refractivity contribution is 5.85. The largest absolute Gasteiger partial charge is 0.462 e. The Balaban J connectivity index is 0.00000121. The molecule has 1 rings (SSSR count). The Morgan fingerprint density at radius 3 is 2.50 bits per heavy atom. The molecule has 0 amide bonds. The van der Waals surface area contributed by atoms with Gasteiger partial charge in [-0.25, -0.2) is 4.79 Å². The van der Waals surface area contributed by atoms with E-state index in [1.165, 1.54) is 0 Å². The minimum Gasteiger partial charge on any atom is -0.462 e. The molecular weight excluding hydrogens is 180 g/mol. The number of nitrogens with two attached hydrogens (primary N) is 2. The van der Waals surface area contributed by atoms with Crippen LogP contribution in [0.4, 0.5) is 0 Å². The average molecular weight is 193 g/mol. The number of rotatable bonds is 3. The van der Waals surface area contributed by atoms with Crippen LogP contribution in [0, 0.1) is 5.92 Å². The Morgan fingerprint density at radius 2 is 2.08 bits per heavy atom. The van der Waals surface area contributed by atoms with Gasteiger partial charge in [0.05, 0.1) is 12.7 Å². The van der Waals surface area contributed by atoms with Crippen molar-refractivity contribution in [2.45, 2.75) is 12.8 Å². The van der Waals surface area contributed by atoms with Gasteiger partial charge in [0, 0.05) is 0 Å². The molecular formula is C7H13ClN2O2. The standard InChI is InChI=1S/C7H12N2O2.ClH/c8-6(9)3-7(10)11-4-5-1-2-5;/h3,5H,1-2,4,8-9H2;1H. The number of ether oxygens (including phenoxy) is 1. The fraction of sp³-hybridized carbons (Fsp3) is 0.571. The number of hydrogen-bond donors (Lipinski definition) is 2. The maximum Gasteiger partial charge on any atom is 0.334 e. The molecule has 0 bridgehead atoms. The second-order valence-corrected chi connectivity index (χ2v) is 2.72. The van der Waals surface area contributed by atoms with E-state index in [0.29, 0.717) is 12.5 Å². The lowest BCUT2D eigenvalue weighted by Gasteiger charge is -1.98. The summed E-state index contributed by atoms with van der Waals surface area (Å²) in [5, 5.41) is 0. The average Bonchev–Trinajstić information content (AvgIpc) is 2.63. The second kappa shape index (κ2) is 4.87. The predicted octanol–water partition coefficient (Wildman–Crippen LogP) is 0.120. The first-order valence-electron chi connectivity index (χ1n) is 3.58. The second-order valence-electron chi connectivity index (χ2n) is 2.72. The molecule has 12 heavy (non-hydrogen) atoms. The number of esters is 1. The van der Waals surface area contributed by atoms with Crippen molar-refractivity contribution in [3.05, 3.63) is 11.9 Å². The first-order valence-corrected chi connectivity index (χ1v) is 3.58. The molecule has 0 aliphatic heterocycles. The molecule has 4 nitrogen and oxygen atoms in total. The smallest absolute Gasteiger partial charge is 0.334 e. The molecule has 0 saturated heterocycles. The van der Waals surface area contributed by atoms with Crippen molar-refractivity contribution in [3.63, 3.8) is 0 Å². The first kappa shape index (κ1) is 11.1. The SMILES string of the molecule is Cl.NC(N)=CC(=O)OCC1CC1. The van der Waals surface area contributed by atoms with Gasteiger partial charge in [-0.3, -0.25) is 0 Å². The molecule has 5 heteroatoms. The summed E-state index contributed by atoms with van der Waals surface area (Å²) < 4.78 is 4.80. The first-order chi connectivity index (χ1) is 5.18. The summed E-state index contributed by atoms with van der Waals surface area (Å²) in [7, 11) is 0. The molecule has 0 aromatic heterocycles. The molecule has 4 N–H and O–H groups in total. The van der Waals surface area contributed by atoms with Gasteiger partial charge in [-0.1, -0.05) is 0 Å². The fourth-order valence-corrected chi connectivity index (χ4v) is 0.662. The van der Waals surface area contributed by atoms with Crippen LogP contribution >= 0.6 is 12.4 Å². The zero-order valence-corrected chi connectivity index (χ0v) is 7.47. The molecule has 1 aliphatic rings. The van der Waals surface area contributed by atoms with Gasteiger partial charge in [-0.2, -0.15) is 0 Å². The Morgan fingerprint density at radius 1 is 1.50 bits per heavy atom. The van der Waals surface area contributed by atoms with E-state index in [1.807, 2.05) is 0 Å². The molecule has 0 atom stereocenters. The van der Waals surface area contributed by atoms with Gasteiger partial charge in [0.25, 0.3) is 0 Å². The monoisotopic (exact) mass is 192 g/mol. The van der Waals surface area contributed by atoms with Crippen LogP contribution in [0.15, 0.2) is 11.9 Å². The molecule has 0 unspecified atom stereocenters. The van der Waals surface area contributed by atoms with Gasteiger partial charge in [-0.05, 0) is 18.8 Å². The Hall–Kier alpha value is -0.900. The minimum atomic E-state index is -0.447. The van der Waals surface area contributed by atoms with E-state index < -0.39 is 5.97 Å². The lowest BCUT2D eigenvalue weighted by molar-refractivity contribution is -0.138. The maximum atomic E-state index is 10.7. The molecule has 1 fully saturated rings. The number of carbonyl (C=O) groups is 1. The summed E-state index contributed by atoms with van der Waals surface area (Å²) in [5.74, 6) is 0.119. The quantitative estimate of drug-likeness (QED) is 0.492. The topological polar surface area (TPSA) is 78.3 Å². The van der Waals surface area contributed by atoms with Crippen LogP contribution < -0.4 is 11.5 Å². The maximum absolute atomic E-state index is 10.7. The van der Waals surface area contributed by atoms with E-state index in [9.17, 15) is 4.79 Å². The van der Waals surface area contributed by atoms with Crippen molar-refractivity contribution in [2.24, 2.45) is 17.4 Å². The molecule has 0 aromatic carbocycles. The lowest BCUT2D eigenvalue weighted by Crippen LogP contribution is -2.13. The highest BCUT2D eigenvalue weighted by Crippen LogP contribution is 2.28. The lowest BCUT2D eigenvalue weighted by atomic mass is 10.5. The van der Waals surface area contributed by atoms with Gasteiger partial charge in [0.1, 0.15) is 5.82 Å². The van der Waals surface area contributed by atoms with Gasteiger partial charge in [0.2, 0.25) is 0 Å². The van der Waals surface area contributed by atoms with Crippen LogP contribution in [0.25, 0.3) is 0 Å². The van der Waals surface area contributed by atoms with Crippen molar-refractivity contribution >= 4 is 18.4 Å². The zero-order valence-electron chi connectivity index (χ0n) is 6.66. The fourth-order valence-electron chi connectivity index (χ4n) is 0.662. The van der Waals surface area contributed by atoms with E-state index in [4.69, 9.17) is 16.2 Å². The molecule has 70 valence electrons. The Bertz CT molecular complexity index is 186. The molecule has 0 spiro atoms. The summed E-state index contributed by atoms with van der Waals surface area (Å²) in [4.78, 5) is 10.7. The highest BCUT2D eigenvalue weighted by atomic mass is 35.5. The molecule has 1 aliphatic carbocycles.